The maximum Gasteiger partial charge on any atom is 0.231 e. The Hall–Kier alpha value is -1.77. The zero-order chi connectivity index (χ0) is 9.80. The minimum atomic E-state index is 0.567. The van der Waals surface area contributed by atoms with Gasteiger partial charge in [-0.2, -0.15) is 0 Å². The third-order valence-electron chi connectivity index (χ3n) is 1.91. The molecule has 0 saturated carbocycles. The predicted molar refractivity (Wildman–Crippen MR) is 54.0 cm³/mol. The van der Waals surface area contributed by atoms with Gasteiger partial charge in [0.1, 0.15) is 6.61 Å². The lowest BCUT2D eigenvalue weighted by atomic mass is 10.2. The number of hydrogen-bond donors (Lipinski definition) is 0. The molecule has 0 aliphatic rings. The normalized spacial score (nSPS) is 10.1. The van der Waals surface area contributed by atoms with Crippen molar-refractivity contribution in [1.82, 2.24) is 9.55 Å². The van der Waals surface area contributed by atoms with E-state index in [1.54, 1.807) is 6.33 Å². The molecule has 0 atom stereocenters. The lowest BCUT2D eigenvalue weighted by Gasteiger charge is -2.01. The quantitative estimate of drug-likeness (QED) is 0.736. The van der Waals surface area contributed by atoms with E-state index in [-0.39, 0.29) is 0 Å². The molecule has 1 heterocycles. The van der Waals surface area contributed by atoms with Crippen molar-refractivity contribution in [2.45, 2.75) is 6.61 Å². The molecule has 3 heteroatoms. The number of benzene rings is 1. The van der Waals surface area contributed by atoms with Crippen LogP contribution in [-0.2, 0) is 13.7 Å². The Morgan fingerprint density at radius 1 is 1.29 bits per heavy atom. The Morgan fingerprint density at radius 3 is 2.71 bits per heavy atom. The molecule has 0 unspecified atom stereocenters. The Kier molecular flexibility index (Phi) is 2.49. The second-order valence-corrected chi connectivity index (χ2v) is 3.15. The van der Waals surface area contributed by atoms with E-state index >= 15 is 0 Å². The van der Waals surface area contributed by atoms with Crippen LogP contribution in [0.4, 0.5) is 0 Å². The van der Waals surface area contributed by atoms with Gasteiger partial charge in [-0.1, -0.05) is 30.3 Å². The van der Waals surface area contributed by atoms with Crippen molar-refractivity contribution in [3.63, 3.8) is 0 Å². The van der Waals surface area contributed by atoms with Gasteiger partial charge in [0, 0.05) is 7.05 Å². The lowest BCUT2D eigenvalue weighted by Crippen LogP contribution is -1.94. The number of aryl methyl sites for hydroxylation is 1. The van der Waals surface area contributed by atoms with Gasteiger partial charge >= 0.3 is 0 Å². The summed E-state index contributed by atoms with van der Waals surface area (Å²) in [7, 11) is 1.92. The molecule has 72 valence electrons. The summed E-state index contributed by atoms with van der Waals surface area (Å²) in [4.78, 5) is 4.07. The smallest absolute Gasteiger partial charge is 0.231 e. The minimum absolute atomic E-state index is 0.567. The monoisotopic (exact) mass is 188 g/mol. The van der Waals surface area contributed by atoms with E-state index in [1.165, 1.54) is 0 Å². The third kappa shape index (κ3) is 2.13. The zero-order valence-electron chi connectivity index (χ0n) is 8.05. The van der Waals surface area contributed by atoms with Crippen LogP contribution in [0.5, 0.6) is 5.88 Å². The molecule has 0 radical (unpaired) electrons. The molecule has 0 fully saturated rings. The third-order valence-corrected chi connectivity index (χ3v) is 1.91. The lowest BCUT2D eigenvalue weighted by molar-refractivity contribution is 0.295. The molecule has 0 bridgehead atoms. The zero-order valence-corrected chi connectivity index (χ0v) is 8.05. The predicted octanol–water partition coefficient (Wildman–Crippen LogP) is 2.00. The molecule has 0 aliphatic heterocycles. The van der Waals surface area contributed by atoms with Gasteiger partial charge in [0.15, 0.2) is 0 Å². The average molecular weight is 188 g/mol. The topological polar surface area (TPSA) is 27.1 Å². The van der Waals surface area contributed by atoms with Crippen LogP contribution in [0.15, 0.2) is 42.9 Å². The first-order chi connectivity index (χ1) is 6.84. The molecule has 0 amide bonds. The van der Waals surface area contributed by atoms with Crippen molar-refractivity contribution in [2.75, 3.05) is 0 Å². The number of ether oxygens (including phenoxy) is 1. The van der Waals surface area contributed by atoms with Crippen LogP contribution in [0.3, 0.4) is 0 Å². The van der Waals surface area contributed by atoms with E-state index in [2.05, 4.69) is 4.98 Å². The molecule has 3 nitrogen and oxygen atoms in total. The van der Waals surface area contributed by atoms with Crippen LogP contribution >= 0.6 is 0 Å². The highest BCUT2D eigenvalue weighted by Gasteiger charge is 1.97. The van der Waals surface area contributed by atoms with Crippen LogP contribution in [0, 0.1) is 0 Å². The SMILES string of the molecule is Cn1cnc(OCc2ccccc2)c1. The molecule has 14 heavy (non-hydrogen) atoms. The molecular weight excluding hydrogens is 176 g/mol. The first-order valence-electron chi connectivity index (χ1n) is 4.49. The van der Waals surface area contributed by atoms with Gasteiger partial charge < -0.3 is 9.30 Å². The number of nitrogens with zero attached hydrogens (tertiary/aromatic N) is 2. The van der Waals surface area contributed by atoms with Crippen molar-refractivity contribution in [3.05, 3.63) is 48.4 Å². The second-order valence-electron chi connectivity index (χ2n) is 3.15. The summed E-state index contributed by atoms with van der Waals surface area (Å²) in [5, 5.41) is 0. The molecule has 0 saturated heterocycles. The minimum Gasteiger partial charge on any atom is -0.472 e. The molecule has 1 aromatic heterocycles. The maximum absolute atomic E-state index is 5.48. The highest BCUT2D eigenvalue weighted by Crippen LogP contribution is 2.08. The summed E-state index contributed by atoms with van der Waals surface area (Å²) in [6.07, 6.45) is 3.57. The van der Waals surface area contributed by atoms with Crippen molar-refractivity contribution in [3.8, 4) is 5.88 Å². The first kappa shape index (κ1) is 8.81. The largest absolute Gasteiger partial charge is 0.472 e. The van der Waals surface area contributed by atoms with E-state index in [0.29, 0.717) is 12.5 Å². The Balaban J connectivity index is 1.95. The molecule has 0 N–H and O–H groups in total. The van der Waals surface area contributed by atoms with Crippen LogP contribution in [0.25, 0.3) is 0 Å². The summed E-state index contributed by atoms with van der Waals surface area (Å²) in [6, 6.07) is 10.0. The van der Waals surface area contributed by atoms with Crippen LogP contribution in [-0.4, -0.2) is 9.55 Å². The van der Waals surface area contributed by atoms with Crippen LogP contribution in [0.1, 0.15) is 5.56 Å². The molecular formula is C11H12N2O. The summed E-state index contributed by atoms with van der Waals surface area (Å²) >= 11 is 0. The molecule has 0 spiro atoms. The van der Waals surface area contributed by atoms with E-state index in [9.17, 15) is 0 Å². The molecule has 1 aromatic carbocycles. The Bertz CT molecular complexity index is 395. The van der Waals surface area contributed by atoms with E-state index in [0.717, 1.165) is 5.56 Å². The highest BCUT2D eigenvalue weighted by molar-refractivity contribution is 5.14. The van der Waals surface area contributed by atoms with Crippen LogP contribution in [0.2, 0.25) is 0 Å². The maximum atomic E-state index is 5.48. The molecule has 2 rings (SSSR count). The highest BCUT2D eigenvalue weighted by atomic mass is 16.5. The van der Waals surface area contributed by atoms with Crippen molar-refractivity contribution < 1.29 is 4.74 Å². The summed E-state index contributed by atoms with van der Waals surface area (Å²) < 4.78 is 7.34. The van der Waals surface area contributed by atoms with E-state index in [4.69, 9.17) is 4.74 Å². The first-order valence-corrected chi connectivity index (χ1v) is 4.49. The number of aromatic nitrogens is 2. The fourth-order valence-electron chi connectivity index (χ4n) is 1.19. The van der Waals surface area contributed by atoms with Gasteiger partial charge in [-0.3, -0.25) is 0 Å². The van der Waals surface area contributed by atoms with Gasteiger partial charge in [0.25, 0.3) is 0 Å². The number of imidazole rings is 1. The van der Waals surface area contributed by atoms with Gasteiger partial charge in [0.05, 0.1) is 12.5 Å². The molecule has 2 aromatic rings. The summed E-state index contributed by atoms with van der Waals surface area (Å²) in [5.74, 6) is 0.663. The standard InChI is InChI=1S/C11H12N2O/c1-13-7-11(12-9-13)14-8-10-5-3-2-4-6-10/h2-7,9H,8H2,1H3. The Labute approximate surface area is 83.0 Å². The van der Waals surface area contributed by atoms with Gasteiger partial charge in [-0.05, 0) is 5.56 Å². The summed E-state index contributed by atoms with van der Waals surface area (Å²) in [6.45, 7) is 0.567. The average Bonchev–Trinajstić information content (AvgIpc) is 2.63. The number of hydrogen-bond acceptors (Lipinski definition) is 2. The Morgan fingerprint density at radius 2 is 2.07 bits per heavy atom. The van der Waals surface area contributed by atoms with Gasteiger partial charge in [-0.25, -0.2) is 4.98 Å². The van der Waals surface area contributed by atoms with Crippen molar-refractivity contribution >= 4 is 0 Å². The van der Waals surface area contributed by atoms with Crippen LogP contribution < -0.4 is 4.74 Å². The van der Waals surface area contributed by atoms with Gasteiger partial charge in [0.2, 0.25) is 5.88 Å². The van der Waals surface area contributed by atoms with Crippen molar-refractivity contribution in [2.24, 2.45) is 7.05 Å². The molecule has 0 aliphatic carbocycles. The second kappa shape index (κ2) is 3.96. The van der Waals surface area contributed by atoms with E-state index in [1.807, 2.05) is 48.1 Å². The summed E-state index contributed by atoms with van der Waals surface area (Å²) in [5.41, 5.74) is 1.15. The number of rotatable bonds is 3. The fraction of sp³-hybridized carbons (Fsp3) is 0.182. The van der Waals surface area contributed by atoms with Crippen molar-refractivity contribution in [1.29, 1.82) is 0 Å². The van der Waals surface area contributed by atoms with E-state index < -0.39 is 0 Å². The fourth-order valence-corrected chi connectivity index (χ4v) is 1.19. The van der Waals surface area contributed by atoms with Gasteiger partial charge in [-0.15, -0.1) is 0 Å².